The van der Waals surface area contributed by atoms with Crippen molar-refractivity contribution < 1.29 is 14.6 Å². The van der Waals surface area contributed by atoms with Gasteiger partial charge in [0.15, 0.2) is 6.61 Å². The van der Waals surface area contributed by atoms with Crippen molar-refractivity contribution in [3.63, 3.8) is 0 Å². The molecule has 8 heteroatoms. The number of nitrogens with zero attached hydrogens (tertiary/aromatic N) is 5. The van der Waals surface area contributed by atoms with Gasteiger partial charge in [0.2, 0.25) is 0 Å². The Hall–Kier alpha value is -3.23. The molecule has 2 aliphatic heterocycles. The number of carbonyl (C=O) groups excluding carboxylic acids is 1. The van der Waals surface area contributed by atoms with Crippen LogP contribution in [-0.2, 0) is 11.3 Å². The molecule has 1 atom stereocenters. The van der Waals surface area contributed by atoms with Gasteiger partial charge in [0.25, 0.3) is 5.91 Å². The van der Waals surface area contributed by atoms with E-state index in [0.717, 1.165) is 23.3 Å². The lowest BCUT2D eigenvalue weighted by atomic mass is 10.0. The molecule has 0 unspecified atom stereocenters. The van der Waals surface area contributed by atoms with E-state index < -0.39 is 5.60 Å². The first-order valence-corrected chi connectivity index (χ1v) is 12.3. The van der Waals surface area contributed by atoms with Crippen LogP contribution in [-0.4, -0.2) is 82.8 Å². The van der Waals surface area contributed by atoms with Gasteiger partial charge >= 0.3 is 0 Å². The van der Waals surface area contributed by atoms with Crippen LogP contribution in [0.5, 0.6) is 5.75 Å². The monoisotopic (exact) mass is 475 g/mol. The zero-order valence-electron chi connectivity index (χ0n) is 20.3. The van der Waals surface area contributed by atoms with E-state index in [-0.39, 0.29) is 19.1 Å². The fourth-order valence-corrected chi connectivity index (χ4v) is 5.09. The summed E-state index contributed by atoms with van der Waals surface area (Å²) in [5.41, 5.74) is 2.87. The van der Waals surface area contributed by atoms with Crippen LogP contribution in [0.1, 0.15) is 24.8 Å². The summed E-state index contributed by atoms with van der Waals surface area (Å²) < 4.78 is 5.74. The van der Waals surface area contributed by atoms with Crippen LogP contribution >= 0.6 is 0 Å². The third-order valence-electron chi connectivity index (χ3n) is 7.00. The van der Waals surface area contributed by atoms with Crippen LogP contribution in [0.2, 0.25) is 0 Å². The number of anilines is 1. The zero-order chi connectivity index (χ0) is 24.3. The van der Waals surface area contributed by atoms with Gasteiger partial charge in [-0.25, -0.2) is 0 Å². The lowest BCUT2D eigenvalue weighted by Gasteiger charge is -2.29. The third-order valence-corrected chi connectivity index (χ3v) is 7.00. The Labute approximate surface area is 206 Å². The summed E-state index contributed by atoms with van der Waals surface area (Å²) in [6.07, 6.45) is 6.65. The van der Waals surface area contributed by atoms with Crippen molar-refractivity contribution in [3.8, 4) is 5.75 Å². The smallest absolute Gasteiger partial charge is 0.260 e. The van der Waals surface area contributed by atoms with Crippen molar-refractivity contribution in [2.24, 2.45) is 0 Å². The number of ether oxygens (including phenoxy) is 1. The van der Waals surface area contributed by atoms with Gasteiger partial charge in [0.1, 0.15) is 16.9 Å². The third kappa shape index (κ3) is 5.55. The van der Waals surface area contributed by atoms with Crippen LogP contribution < -0.4 is 9.64 Å². The van der Waals surface area contributed by atoms with Crippen molar-refractivity contribution in [2.45, 2.75) is 31.4 Å². The van der Waals surface area contributed by atoms with Crippen LogP contribution in [0.3, 0.4) is 0 Å². The second-order valence-electron chi connectivity index (χ2n) is 9.76. The molecule has 1 N–H and O–H groups in total. The number of carbonyl (C=O) groups is 1. The molecule has 0 radical (unpaired) electrons. The van der Waals surface area contributed by atoms with Crippen LogP contribution in [0, 0.1) is 0 Å². The predicted molar refractivity (Wildman–Crippen MR) is 135 cm³/mol. The number of likely N-dealkylation sites (tertiary alicyclic amines) is 1. The van der Waals surface area contributed by atoms with Crippen molar-refractivity contribution in [1.29, 1.82) is 0 Å². The SMILES string of the molecule is CN(C[C@@]1(O)CCN(c2ccnc3cccnc23)C1)C(=O)COc1ccc(CN2CCCC2)cc1. The summed E-state index contributed by atoms with van der Waals surface area (Å²) in [4.78, 5) is 27.7. The molecule has 3 aromatic rings. The highest BCUT2D eigenvalue weighted by molar-refractivity contribution is 5.87. The lowest BCUT2D eigenvalue weighted by molar-refractivity contribution is -0.134. The molecular weight excluding hydrogens is 442 g/mol. The maximum absolute atomic E-state index is 12.7. The topological polar surface area (TPSA) is 82.0 Å². The minimum absolute atomic E-state index is 0.0549. The molecule has 0 bridgehead atoms. The largest absolute Gasteiger partial charge is 0.484 e. The second-order valence-corrected chi connectivity index (χ2v) is 9.76. The fraction of sp³-hybridized carbons (Fsp3) is 0.444. The molecule has 0 saturated carbocycles. The zero-order valence-corrected chi connectivity index (χ0v) is 20.3. The molecule has 35 heavy (non-hydrogen) atoms. The Morgan fingerprint density at radius 3 is 2.69 bits per heavy atom. The Morgan fingerprint density at radius 1 is 1.09 bits per heavy atom. The Bertz CT molecular complexity index is 1160. The number of rotatable bonds is 8. The number of β-amino-alcohol motifs (C(OH)–C–C–N with tert-alkyl or cyclic N) is 1. The second kappa shape index (κ2) is 10.2. The molecule has 2 aromatic heterocycles. The van der Waals surface area contributed by atoms with Gasteiger partial charge in [0, 0.05) is 39.1 Å². The van der Waals surface area contributed by atoms with E-state index in [1.54, 1.807) is 24.3 Å². The molecule has 8 nitrogen and oxygen atoms in total. The molecule has 0 spiro atoms. The van der Waals surface area contributed by atoms with Gasteiger partial charge in [-0.15, -0.1) is 0 Å². The fourth-order valence-electron chi connectivity index (χ4n) is 5.09. The summed E-state index contributed by atoms with van der Waals surface area (Å²) in [6.45, 7) is 4.60. The minimum Gasteiger partial charge on any atom is -0.484 e. The lowest BCUT2D eigenvalue weighted by Crippen LogP contribution is -2.47. The number of amides is 1. The maximum Gasteiger partial charge on any atom is 0.260 e. The number of fused-ring (bicyclic) bond motifs is 1. The molecule has 5 rings (SSSR count). The van der Waals surface area contributed by atoms with E-state index in [9.17, 15) is 9.90 Å². The average molecular weight is 476 g/mol. The maximum atomic E-state index is 12.7. The molecule has 0 aliphatic carbocycles. The highest BCUT2D eigenvalue weighted by Crippen LogP contribution is 2.31. The Morgan fingerprint density at radius 2 is 1.89 bits per heavy atom. The molecule has 2 saturated heterocycles. The van der Waals surface area contributed by atoms with Gasteiger partial charge in [-0.2, -0.15) is 0 Å². The number of aromatic nitrogens is 2. The summed E-state index contributed by atoms with van der Waals surface area (Å²) in [7, 11) is 1.72. The van der Waals surface area contributed by atoms with Crippen LogP contribution in [0.25, 0.3) is 11.0 Å². The van der Waals surface area contributed by atoms with Crippen molar-refractivity contribution in [2.75, 3.05) is 51.3 Å². The molecule has 2 aliphatic rings. The first-order valence-electron chi connectivity index (χ1n) is 12.3. The number of likely N-dealkylation sites (N-methyl/N-ethyl adjacent to an activating group) is 1. The van der Waals surface area contributed by atoms with Crippen molar-refractivity contribution in [1.82, 2.24) is 19.8 Å². The average Bonchev–Trinajstić information content (AvgIpc) is 3.52. The number of benzene rings is 1. The molecule has 1 aromatic carbocycles. The number of pyridine rings is 2. The molecule has 4 heterocycles. The van der Waals surface area contributed by atoms with E-state index in [0.29, 0.717) is 25.3 Å². The molecule has 184 valence electrons. The first-order chi connectivity index (χ1) is 17.0. The van der Waals surface area contributed by atoms with Gasteiger partial charge in [0.05, 0.1) is 17.7 Å². The minimum atomic E-state index is -0.994. The normalized spacial score (nSPS) is 20.5. The van der Waals surface area contributed by atoms with Crippen molar-refractivity contribution in [3.05, 3.63) is 60.4 Å². The highest BCUT2D eigenvalue weighted by Gasteiger charge is 2.38. The van der Waals surface area contributed by atoms with E-state index >= 15 is 0 Å². The summed E-state index contributed by atoms with van der Waals surface area (Å²) in [5.74, 6) is 0.522. The van der Waals surface area contributed by atoms with Gasteiger partial charge in [-0.1, -0.05) is 12.1 Å². The van der Waals surface area contributed by atoms with Crippen LogP contribution in [0.4, 0.5) is 5.69 Å². The standard InChI is InChI=1S/C27H33N5O3/c1-30(25(33)18-35-22-8-6-21(7-9-22)17-31-14-2-3-15-31)19-27(34)11-16-32(20-27)24-10-13-28-23-5-4-12-29-26(23)24/h4-10,12-13,34H,2-3,11,14-20H2,1H3/t27-/m0/s1. The van der Waals surface area contributed by atoms with Gasteiger partial charge in [-0.05, 0) is 68.2 Å². The Balaban J connectivity index is 1.13. The van der Waals surface area contributed by atoms with E-state index in [4.69, 9.17) is 4.74 Å². The van der Waals surface area contributed by atoms with E-state index in [1.165, 1.54) is 31.5 Å². The number of hydrogen-bond donors (Lipinski definition) is 1. The van der Waals surface area contributed by atoms with Gasteiger partial charge in [-0.3, -0.25) is 19.7 Å². The molecular formula is C27H33N5O3. The molecule has 2 fully saturated rings. The summed E-state index contributed by atoms with van der Waals surface area (Å²) >= 11 is 0. The number of hydrogen-bond acceptors (Lipinski definition) is 7. The highest BCUT2D eigenvalue weighted by atomic mass is 16.5. The van der Waals surface area contributed by atoms with Crippen molar-refractivity contribution >= 4 is 22.6 Å². The Kier molecular flexibility index (Phi) is 6.83. The molecule has 1 amide bonds. The summed E-state index contributed by atoms with van der Waals surface area (Å²) in [5, 5.41) is 11.2. The van der Waals surface area contributed by atoms with Gasteiger partial charge < -0.3 is 19.6 Å². The first kappa shape index (κ1) is 23.5. The van der Waals surface area contributed by atoms with E-state index in [2.05, 4.69) is 31.9 Å². The van der Waals surface area contributed by atoms with E-state index in [1.807, 2.05) is 30.3 Å². The quantitative estimate of drug-likeness (QED) is 0.536. The number of aliphatic hydroxyl groups is 1. The summed E-state index contributed by atoms with van der Waals surface area (Å²) in [6, 6.07) is 13.7. The predicted octanol–water partition coefficient (Wildman–Crippen LogP) is 2.70. The van der Waals surface area contributed by atoms with Crippen LogP contribution in [0.15, 0.2) is 54.9 Å².